The summed E-state index contributed by atoms with van der Waals surface area (Å²) >= 11 is 0. The number of hydrogen-bond donors (Lipinski definition) is 26. The molecule has 28 N–H and O–H groups in total. The molecule has 138 heavy (non-hydrogen) atoms. The number of nitrogens with two attached hydrogens (primary N) is 2. The number of aliphatic carboxylic acids is 4. The van der Waals surface area contributed by atoms with Crippen molar-refractivity contribution in [2.45, 2.75) is 250 Å². The van der Waals surface area contributed by atoms with Gasteiger partial charge in [0.1, 0.15) is 78.5 Å². The Kier molecular flexibility index (Phi) is 47.9. The summed E-state index contributed by atoms with van der Waals surface area (Å²) in [5.74, 6) is -24.5. The average molecular weight is 1940 g/mol. The number of aliphatic hydroxyl groups is 2. The molecule has 2 heterocycles. The van der Waals surface area contributed by atoms with E-state index in [1.165, 1.54) is 20.8 Å². The number of rotatable bonds is 62. The van der Waals surface area contributed by atoms with Gasteiger partial charge in [-0.1, -0.05) is 155 Å². The summed E-state index contributed by atoms with van der Waals surface area (Å²) in [6.07, 6.45) is 0.399. The van der Waals surface area contributed by atoms with Gasteiger partial charge in [-0.3, -0.25) is 91.1 Å². The molecule has 0 spiro atoms. The highest BCUT2D eigenvalue weighted by Crippen LogP contribution is 2.24. The van der Waals surface area contributed by atoms with Gasteiger partial charge in [-0.2, -0.15) is 0 Å². The van der Waals surface area contributed by atoms with Crippen LogP contribution in [0.1, 0.15) is 163 Å². The molecular weight excluding hydrogens is 1800 g/mol. The number of aliphatic hydroxyl groups excluding tert-OH is 2. The Hall–Kier alpha value is -14.0. The summed E-state index contributed by atoms with van der Waals surface area (Å²) in [5.41, 5.74) is 14.6. The molecule has 5 aromatic rings. The van der Waals surface area contributed by atoms with Crippen LogP contribution in [0, 0.1) is 29.6 Å². The number of carbonyl (C=O) groups excluding carboxylic acids is 16. The fraction of sp³-hybridized carbons (Fsp3) is 0.543. The molecule has 17 unspecified atom stereocenters. The lowest BCUT2D eigenvalue weighted by Gasteiger charge is -2.31. The summed E-state index contributed by atoms with van der Waals surface area (Å²) in [4.78, 5) is 279. The van der Waals surface area contributed by atoms with Crippen LogP contribution >= 0.6 is 0 Å². The molecule has 0 fully saturated rings. The molecule has 17 atom stereocenters. The third-order valence-corrected chi connectivity index (χ3v) is 23.2. The number of H-pyrrole nitrogens is 2. The number of carbonyl (C=O) groups is 20. The molecule has 5 rings (SSSR count). The normalized spacial score (nSPS) is 15.0. The predicted molar refractivity (Wildman–Crippen MR) is 500 cm³/mol. The van der Waals surface area contributed by atoms with Gasteiger partial charge in [-0.05, 0) is 103 Å². The Bertz CT molecular complexity index is 5030. The van der Waals surface area contributed by atoms with E-state index in [4.69, 9.17) is 16.6 Å². The van der Waals surface area contributed by atoms with Gasteiger partial charge in [-0.25, -0.2) is 4.79 Å². The first-order chi connectivity index (χ1) is 65.4. The highest BCUT2D eigenvalue weighted by atomic mass is 16.4. The molecule has 0 saturated carbocycles. The lowest BCUT2D eigenvalue weighted by molar-refractivity contribution is -0.144. The van der Waals surface area contributed by atoms with Crippen molar-refractivity contribution < 1.29 is 127 Å². The number of benzene rings is 3. The van der Waals surface area contributed by atoms with Gasteiger partial charge in [-0.15, -0.1) is 0 Å². The SMILES string of the molecule is CCC(C)C(NC(=O)C(N)CCC(=O)O)C(=O)NC(CC(C)C)C(=O)NC(C(=O)NC(Cc1ccccc1)C(=O)NC(Cc1c[nH]c2ccccc12)C(=O)NC(Cc1c[nH]c2ccccc12)C(=O)NC(CO)C(=O)NC(CCCCN)C(=O)NC(CC(=O)O)C(=O)NC(C(=O)NCC(=O)NC(C(=O)NCC(=O)NCC(=O)NC(CO)C(=O)NC(CCC(=O)O)C(=O)O)C(C)C)C(C)CC)C(C)CC. The van der Waals surface area contributed by atoms with Crippen LogP contribution in [0.4, 0.5) is 0 Å². The number of unbranched alkanes of at least 4 members (excludes halogenated alkanes) is 1. The topological polar surface area (TPSA) is 739 Å². The number of carboxylic acid groups (broad SMARTS) is 4. The first kappa shape index (κ1) is 114. The number of amides is 16. The average Bonchev–Trinajstić information content (AvgIpc) is 1.81. The summed E-state index contributed by atoms with van der Waals surface area (Å²) in [7, 11) is 0. The maximum atomic E-state index is 15.6. The Balaban J connectivity index is 1.38. The number of para-hydroxylation sites is 2. The van der Waals surface area contributed by atoms with Crippen molar-refractivity contribution in [1.82, 2.24) is 95.0 Å². The van der Waals surface area contributed by atoms with Gasteiger partial charge >= 0.3 is 23.9 Å². The Morgan fingerprint density at radius 2 is 0.725 bits per heavy atom. The largest absolute Gasteiger partial charge is 0.481 e. The van der Waals surface area contributed by atoms with Crippen LogP contribution in [-0.4, -0.2) is 283 Å². The molecule has 0 radical (unpaired) electrons. The van der Waals surface area contributed by atoms with Crippen LogP contribution in [0.15, 0.2) is 91.3 Å². The molecule has 0 saturated heterocycles. The van der Waals surface area contributed by atoms with Crippen molar-refractivity contribution in [2.24, 2.45) is 41.1 Å². The van der Waals surface area contributed by atoms with E-state index >= 15 is 19.2 Å². The Labute approximate surface area is 796 Å². The second-order valence-electron chi connectivity index (χ2n) is 34.7. The molecule has 46 nitrogen and oxygen atoms in total. The van der Waals surface area contributed by atoms with Crippen molar-refractivity contribution in [3.8, 4) is 0 Å². The molecule has 0 aliphatic rings. The monoisotopic (exact) mass is 1930 g/mol. The number of fused-ring (bicyclic) bond motifs is 2. The van der Waals surface area contributed by atoms with E-state index in [2.05, 4.69) is 89.7 Å². The second kappa shape index (κ2) is 57.8. The number of hydrogen-bond acceptors (Lipinski definition) is 24. The smallest absolute Gasteiger partial charge is 0.326 e. The zero-order valence-corrected chi connectivity index (χ0v) is 79.0. The van der Waals surface area contributed by atoms with Gasteiger partial charge in [0.25, 0.3) is 0 Å². The van der Waals surface area contributed by atoms with Crippen molar-refractivity contribution >= 4 is 140 Å². The van der Waals surface area contributed by atoms with Gasteiger partial charge in [0.15, 0.2) is 0 Å². The van der Waals surface area contributed by atoms with Crippen molar-refractivity contribution in [3.63, 3.8) is 0 Å². The summed E-state index contributed by atoms with van der Waals surface area (Å²) in [6.45, 7) is 12.1. The summed E-state index contributed by atoms with van der Waals surface area (Å²) < 4.78 is 0. The van der Waals surface area contributed by atoms with Crippen LogP contribution in [0.25, 0.3) is 21.8 Å². The van der Waals surface area contributed by atoms with Crippen LogP contribution in [0.2, 0.25) is 0 Å². The number of carboxylic acids is 4. The fourth-order valence-electron chi connectivity index (χ4n) is 14.5. The first-order valence-electron chi connectivity index (χ1n) is 45.8. The molecule has 0 aliphatic carbocycles. The molecule has 0 bridgehead atoms. The fourth-order valence-corrected chi connectivity index (χ4v) is 14.5. The molecule has 758 valence electrons. The number of nitrogens with one attached hydrogen (secondary N) is 18. The lowest BCUT2D eigenvalue weighted by atomic mass is 9.94. The van der Waals surface area contributed by atoms with Crippen LogP contribution in [0.5, 0.6) is 0 Å². The standard InChI is InChI=1S/C92H134N20O26/c1-11-49(8)76(89(134)99-44-71(117)109-75(48(6)7)88(133)98-42-69(115)97-43-70(116)100-67(45-113)86(131)102-61(92(137)138)31-33-73(120)121)111-85(130)66(39-74(122)123)105-80(125)60(29-21-22-34-93)101-87(132)68(46-114)108-83(128)65(38-54-41-96-59-28-20-18-26-56(54)59)104-82(127)64(37-53-40-95-58-27-19-17-25-55(53)58)103-81(126)63(36-52-23-15-14-16-24-52)107-91(136)78(51(10)13-3)112-84(129)62(35-47(4)5)106-90(135)77(50(9)12-2)110-79(124)57(94)30-32-72(118)119/h14-20,23-28,40-41,47-51,57,60-68,75-78,95-96,113-114H,11-13,21-22,29-39,42-46,93-94H2,1-10H3,(H,97,115)(H,98,133)(H,99,134)(H,100,116)(H,101,132)(H,102,131)(H,103,126)(H,104,127)(H,105,125)(H,106,135)(H,107,136)(H,108,128)(H,109,117)(H,110,124)(H,111,130)(H,112,129)(H,118,119)(H,120,121)(H,122,123)(H,137,138). The van der Waals surface area contributed by atoms with E-state index in [-0.39, 0.29) is 76.7 Å². The van der Waals surface area contributed by atoms with Crippen LogP contribution in [0.3, 0.4) is 0 Å². The summed E-state index contributed by atoms with van der Waals surface area (Å²) in [5, 5.41) is 99.2. The Morgan fingerprint density at radius 1 is 0.348 bits per heavy atom. The maximum absolute atomic E-state index is 15.6. The lowest BCUT2D eigenvalue weighted by Crippen LogP contribution is -2.62. The highest BCUT2D eigenvalue weighted by Gasteiger charge is 2.41. The van der Waals surface area contributed by atoms with Crippen molar-refractivity contribution in [2.75, 3.05) is 39.4 Å². The van der Waals surface area contributed by atoms with Crippen molar-refractivity contribution in [1.29, 1.82) is 0 Å². The van der Waals surface area contributed by atoms with E-state index in [9.17, 15) is 102 Å². The number of aromatic amines is 2. The zero-order chi connectivity index (χ0) is 103. The quantitative estimate of drug-likeness (QED) is 0.0171. The molecule has 16 amide bonds. The van der Waals surface area contributed by atoms with Gasteiger partial charge in [0.05, 0.1) is 45.3 Å². The molecular formula is C92H134N20O26. The minimum atomic E-state index is -2.00. The summed E-state index contributed by atoms with van der Waals surface area (Å²) in [6, 6.07) is 0.414. The third-order valence-electron chi connectivity index (χ3n) is 23.2. The Morgan fingerprint density at radius 3 is 1.20 bits per heavy atom. The third kappa shape index (κ3) is 37.6. The van der Waals surface area contributed by atoms with E-state index in [1.807, 2.05) is 5.32 Å². The molecule has 46 heteroatoms. The van der Waals surface area contributed by atoms with Gasteiger partial charge in [0, 0.05) is 66.3 Å². The predicted octanol–water partition coefficient (Wildman–Crippen LogP) is -3.10. The zero-order valence-electron chi connectivity index (χ0n) is 79.0. The van der Waals surface area contributed by atoms with Crippen molar-refractivity contribution in [3.05, 3.63) is 108 Å². The van der Waals surface area contributed by atoms with Gasteiger partial charge < -0.3 is 137 Å². The highest BCUT2D eigenvalue weighted by molar-refractivity contribution is 6.02. The maximum Gasteiger partial charge on any atom is 0.326 e. The molecule has 2 aromatic heterocycles. The minimum absolute atomic E-state index is 0.0417. The molecule has 0 aliphatic heterocycles. The first-order valence-corrected chi connectivity index (χ1v) is 45.8. The van der Waals surface area contributed by atoms with E-state index in [0.717, 1.165) is 0 Å². The minimum Gasteiger partial charge on any atom is -0.481 e. The van der Waals surface area contributed by atoms with E-state index < -0.39 is 285 Å². The van der Waals surface area contributed by atoms with Gasteiger partial charge in [0.2, 0.25) is 94.5 Å². The van der Waals surface area contributed by atoms with E-state index in [0.29, 0.717) is 44.9 Å². The number of aromatic nitrogens is 2. The molecule has 3 aromatic carbocycles. The van der Waals surface area contributed by atoms with Crippen LogP contribution in [-0.2, 0) is 115 Å². The van der Waals surface area contributed by atoms with Crippen LogP contribution < -0.4 is 96.5 Å². The van der Waals surface area contributed by atoms with E-state index in [1.54, 1.807) is 140 Å². The second-order valence-corrected chi connectivity index (χ2v) is 34.7.